The maximum Gasteiger partial charge on any atom is 0.156 e. The first-order chi connectivity index (χ1) is 7.66. The van der Waals surface area contributed by atoms with Crippen molar-refractivity contribution < 1.29 is 4.74 Å². The van der Waals surface area contributed by atoms with E-state index in [9.17, 15) is 0 Å². The van der Waals surface area contributed by atoms with Gasteiger partial charge >= 0.3 is 0 Å². The van der Waals surface area contributed by atoms with Gasteiger partial charge in [-0.3, -0.25) is 0 Å². The molecule has 0 radical (unpaired) electrons. The van der Waals surface area contributed by atoms with Crippen molar-refractivity contribution in [3.05, 3.63) is 27.2 Å². The Labute approximate surface area is 110 Å². The first-order valence-electron chi connectivity index (χ1n) is 5.15. The number of nitrogens with one attached hydrogen (secondary N) is 1. The summed E-state index contributed by atoms with van der Waals surface area (Å²) in [6, 6.07) is 3.27. The smallest absolute Gasteiger partial charge is 0.156 e. The van der Waals surface area contributed by atoms with E-state index >= 15 is 0 Å². The maximum atomic E-state index is 5.99. The SMILES string of the molecule is Clc1cc(Cl)c(OCCC2CNC2)c(Cl)c1. The summed E-state index contributed by atoms with van der Waals surface area (Å²) in [6.45, 7) is 2.78. The van der Waals surface area contributed by atoms with Crippen LogP contribution in [0, 0.1) is 5.92 Å². The van der Waals surface area contributed by atoms with Gasteiger partial charge in [-0.15, -0.1) is 0 Å². The Morgan fingerprint density at radius 1 is 1.19 bits per heavy atom. The van der Waals surface area contributed by atoms with Crippen LogP contribution in [0.4, 0.5) is 0 Å². The number of hydrogen-bond donors (Lipinski definition) is 1. The van der Waals surface area contributed by atoms with Crippen LogP contribution < -0.4 is 10.1 Å². The molecule has 1 aromatic carbocycles. The second-order valence-corrected chi connectivity index (χ2v) is 5.11. The van der Waals surface area contributed by atoms with Gasteiger partial charge in [0.2, 0.25) is 0 Å². The topological polar surface area (TPSA) is 21.3 Å². The summed E-state index contributed by atoms with van der Waals surface area (Å²) in [4.78, 5) is 0. The summed E-state index contributed by atoms with van der Waals surface area (Å²) in [7, 11) is 0. The van der Waals surface area contributed by atoms with Gasteiger partial charge in [0.25, 0.3) is 0 Å². The molecule has 2 rings (SSSR count). The van der Waals surface area contributed by atoms with Crippen LogP contribution >= 0.6 is 34.8 Å². The van der Waals surface area contributed by atoms with Crippen LogP contribution in [0.3, 0.4) is 0 Å². The molecule has 0 aromatic heterocycles. The summed E-state index contributed by atoms with van der Waals surface area (Å²) in [5.74, 6) is 1.24. The Balaban J connectivity index is 1.92. The molecule has 88 valence electrons. The molecule has 1 heterocycles. The second-order valence-electron chi connectivity index (χ2n) is 3.86. The van der Waals surface area contributed by atoms with Crippen molar-refractivity contribution in [3.8, 4) is 5.75 Å². The van der Waals surface area contributed by atoms with E-state index in [1.54, 1.807) is 12.1 Å². The number of rotatable bonds is 4. The van der Waals surface area contributed by atoms with Crippen LogP contribution in [-0.2, 0) is 0 Å². The minimum atomic E-state index is 0.462. The first-order valence-corrected chi connectivity index (χ1v) is 6.28. The van der Waals surface area contributed by atoms with E-state index in [1.165, 1.54) is 0 Å². The van der Waals surface area contributed by atoms with Gasteiger partial charge < -0.3 is 10.1 Å². The molecule has 0 saturated carbocycles. The second kappa shape index (κ2) is 5.46. The largest absolute Gasteiger partial charge is 0.490 e. The molecular weight excluding hydrogens is 268 g/mol. The zero-order valence-electron chi connectivity index (χ0n) is 8.60. The summed E-state index contributed by atoms with van der Waals surface area (Å²) < 4.78 is 5.58. The van der Waals surface area contributed by atoms with Crippen LogP contribution in [0.15, 0.2) is 12.1 Å². The molecule has 1 aliphatic rings. The summed E-state index contributed by atoms with van der Waals surface area (Å²) in [6.07, 6.45) is 1.02. The molecule has 5 heteroatoms. The third kappa shape index (κ3) is 2.95. The van der Waals surface area contributed by atoms with E-state index in [-0.39, 0.29) is 0 Å². The average Bonchev–Trinajstić information content (AvgIpc) is 2.12. The van der Waals surface area contributed by atoms with Gasteiger partial charge in [0.15, 0.2) is 5.75 Å². The van der Waals surface area contributed by atoms with E-state index < -0.39 is 0 Å². The monoisotopic (exact) mass is 279 g/mol. The maximum absolute atomic E-state index is 5.99. The number of benzene rings is 1. The Morgan fingerprint density at radius 3 is 2.31 bits per heavy atom. The predicted octanol–water partition coefficient (Wildman–Crippen LogP) is 3.64. The average molecular weight is 281 g/mol. The molecule has 0 spiro atoms. The van der Waals surface area contributed by atoms with Gasteiger partial charge in [0.05, 0.1) is 16.7 Å². The van der Waals surface area contributed by atoms with E-state index in [0.29, 0.717) is 33.3 Å². The fourth-order valence-electron chi connectivity index (χ4n) is 1.55. The molecule has 1 saturated heterocycles. The quantitative estimate of drug-likeness (QED) is 0.909. The Bertz CT molecular complexity index is 356. The molecular formula is C11H12Cl3NO. The molecule has 2 nitrogen and oxygen atoms in total. The Kier molecular flexibility index (Phi) is 4.20. The highest BCUT2D eigenvalue weighted by Gasteiger charge is 2.17. The van der Waals surface area contributed by atoms with Crippen molar-refractivity contribution in [2.45, 2.75) is 6.42 Å². The van der Waals surface area contributed by atoms with Crippen LogP contribution in [-0.4, -0.2) is 19.7 Å². The van der Waals surface area contributed by atoms with Gasteiger partial charge in [-0.05, 0) is 37.6 Å². The van der Waals surface area contributed by atoms with E-state index in [4.69, 9.17) is 39.5 Å². The van der Waals surface area contributed by atoms with Crippen LogP contribution in [0.2, 0.25) is 15.1 Å². The highest BCUT2D eigenvalue weighted by molar-refractivity contribution is 6.40. The fourth-order valence-corrected chi connectivity index (χ4v) is 2.47. The van der Waals surface area contributed by atoms with E-state index in [0.717, 1.165) is 19.5 Å². The zero-order chi connectivity index (χ0) is 11.5. The Morgan fingerprint density at radius 2 is 1.81 bits per heavy atom. The van der Waals surface area contributed by atoms with Crippen molar-refractivity contribution in [3.63, 3.8) is 0 Å². The molecule has 0 aliphatic carbocycles. The van der Waals surface area contributed by atoms with Crippen LogP contribution in [0.1, 0.15) is 6.42 Å². The van der Waals surface area contributed by atoms with Crippen molar-refractivity contribution in [2.75, 3.05) is 19.7 Å². The third-order valence-corrected chi connectivity index (χ3v) is 3.38. The summed E-state index contributed by atoms with van der Waals surface area (Å²) in [5, 5.41) is 4.66. The lowest BCUT2D eigenvalue weighted by molar-refractivity contribution is 0.238. The van der Waals surface area contributed by atoms with Crippen LogP contribution in [0.5, 0.6) is 5.75 Å². The number of hydrogen-bond acceptors (Lipinski definition) is 2. The van der Waals surface area contributed by atoms with Gasteiger partial charge in [-0.25, -0.2) is 0 Å². The molecule has 1 aromatic rings. The van der Waals surface area contributed by atoms with Gasteiger partial charge in [-0.2, -0.15) is 0 Å². The fraction of sp³-hybridized carbons (Fsp3) is 0.455. The molecule has 1 N–H and O–H groups in total. The number of ether oxygens (including phenoxy) is 1. The highest BCUT2D eigenvalue weighted by Crippen LogP contribution is 2.35. The minimum Gasteiger partial charge on any atom is -0.490 e. The molecule has 0 bridgehead atoms. The van der Waals surface area contributed by atoms with Gasteiger partial charge in [0, 0.05) is 5.02 Å². The predicted molar refractivity (Wildman–Crippen MR) is 67.9 cm³/mol. The summed E-state index contributed by atoms with van der Waals surface area (Å²) in [5.41, 5.74) is 0. The normalized spacial score (nSPS) is 15.9. The lowest BCUT2D eigenvalue weighted by Crippen LogP contribution is -2.42. The zero-order valence-corrected chi connectivity index (χ0v) is 10.9. The lowest BCUT2D eigenvalue weighted by Gasteiger charge is -2.26. The van der Waals surface area contributed by atoms with Gasteiger partial charge in [0.1, 0.15) is 0 Å². The standard InChI is InChI=1S/C11H12Cl3NO/c12-8-3-9(13)11(10(14)4-8)16-2-1-7-5-15-6-7/h3-4,7,15H,1-2,5-6H2. The minimum absolute atomic E-state index is 0.462. The number of halogens is 3. The van der Waals surface area contributed by atoms with E-state index in [1.807, 2.05) is 0 Å². The Hall–Kier alpha value is -0.150. The van der Waals surface area contributed by atoms with Crippen molar-refractivity contribution >= 4 is 34.8 Å². The van der Waals surface area contributed by atoms with Gasteiger partial charge in [-0.1, -0.05) is 34.8 Å². The van der Waals surface area contributed by atoms with Crippen molar-refractivity contribution in [2.24, 2.45) is 5.92 Å². The molecule has 16 heavy (non-hydrogen) atoms. The third-order valence-electron chi connectivity index (χ3n) is 2.60. The van der Waals surface area contributed by atoms with Crippen LogP contribution in [0.25, 0.3) is 0 Å². The van der Waals surface area contributed by atoms with E-state index in [2.05, 4.69) is 5.32 Å². The molecule has 1 fully saturated rings. The highest BCUT2D eigenvalue weighted by atomic mass is 35.5. The molecule has 0 atom stereocenters. The molecule has 0 unspecified atom stereocenters. The first kappa shape index (κ1) is 12.3. The lowest BCUT2D eigenvalue weighted by atomic mass is 10.0. The van der Waals surface area contributed by atoms with Crippen molar-refractivity contribution in [1.29, 1.82) is 0 Å². The molecule has 0 amide bonds. The molecule has 1 aliphatic heterocycles. The summed E-state index contributed by atoms with van der Waals surface area (Å²) >= 11 is 17.8. The van der Waals surface area contributed by atoms with Crippen molar-refractivity contribution in [1.82, 2.24) is 5.32 Å².